The van der Waals surface area contributed by atoms with E-state index in [9.17, 15) is 9.59 Å². The lowest BCUT2D eigenvalue weighted by atomic mass is 10.1. The van der Waals surface area contributed by atoms with Gasteiger partial charge in [0.2, 0.25) is 0 Å². The summed E-state index contributed by atoms with van der Waals surface area (Å²) in [5.74, 6) is -0.767. The number of thioether (sulfide) groups is 1. The average molecular weight is 333 g/mol. The van der Waals surface area contributed by atoms with Crippen molar-refractivity contribution in [3.05, 3.63) is 54.0 Å². The number of carbonyl (C=O) groups excluding carboxylic acids is 1. The number of hydrogen-bond donors (Lipinski definition) is 2. The number of nitrogens with one attached hydrogen (secondary N) is 1. The van der Waals surface area contributed by atoms with E-state index >= 15 is 0 Å². The van der Waals surface area contributed by atoms with Gasteiger partial charge >= 0.3 is 5.97 Å². The predicted molar refractivity (Wildman–Crippen MR) is 88.5 cm³/mol. The third-order valence-corrected chi connectivity index (χ3v) is 4.33. The highest BCUT2D eigenvalue weighted by Gasteiger charge is 2.23. The highest BCUT2D eigenvalue weighted by molar-refractivity contribution is 7.98. The first-order valence-electron chi connectivity index (χ1n) is 7.39. The van der Waals surface area contributed by atoms with Crippen LogP contribution in [0.4, 0.5) is 0 Å². The Balaban J connectivity index is 2.01. The van der Waals surface area contributed by atoms with E-state index in [1.54, 1.807) is 17.8 Å². The third-order valence-electron chi connectivity index (χ3n) is 3.27. The SMILES string of the molecule is CCCC(NC(=O)c1occc1CSc1ccccc1)C(=O)O. The van der Waals surface area contributed by atoms with Crippen LogP contribution in [0.5, 0.6) is 0 Å². The molecule has 0 aliphatic rings. The molecule has 5 nitrogen and oxygen atoms in total. The molecule has 2 N–H and O–H groups in total. The average Bonchev–Trinajstić information content (AvgIpc) is 3.02. The predicted octanol–water partition coefficient (Wildman–Crippen LogP) is 3.56. The normalized spacial score (nSPS) is 11.9. The Bertz CT molecular complexity index is 654. The molecule has 0 spiro atoms. The van der Waals surface area contributed by atoms with Crippen molar-refractivity contribution in [2.24, 2.45) is 0 Å². The van der Waals surface area contributed by atoms with Crippen LogP contribution in [0.15, 0.2) is 52.0 Å². The Hall–Kier alpha value is -2.21. The van der Waals surface area contributed by atoms with Gasteiger partial charge in [-0.05, 0) is 24.6 Å². The topological polar surface area (TPSA) is 79.5 Å². The van der Waals surface area contributed by atoms with Gasteiger partial charge in [-0.15, -0.1) is 11.8 Å². The smallest absolute Gasteiger partial charge is 0.326 e. The molecular weight excluding hydrogens is 314 g/mol. The number of rotatable bonds is 8. The number of carboxylic acid groups (broad SMARTS) is 1. The van der Waals surface area contributed by atoms with Gasteiger partial charge in [0.15, 0.2) is 5.76 Å². The summed E-state index contributed by atoms with van der Waals surface area (Å²) in [5, 5.41) is 11.6. The van der Waals surface area contributed by atoms with Crippen molar-refractivity contribution in [1.29, 1.82) is 0 Å². The van der Waals surface area contributed by atoms with Crippen LogP contribution in [-0.2, 0) is 10.5 Å². The molecule has 1 aromatic carbocycles. The zero-order valence-electron chi connectivity index (χ0n) is 12.8. The van der Waals surface area contributed by atoms with Crippen molar-refractivity contribution in [3.8, 4) is 0 Å². The van der Waals surface area contributed by atoms with Gasteiger partial charge in [-0.1, -0.05) is 31.5 Å². The molecule has 0 saturated heterocycles. The van der Waals surface area contributed by atoms with Crippen LogP contribution in [-0.4, -0.2) is 23.0 Å². The first kappa shape index (κ1) is 17.1. The highest BCUT2D eigenvalue weighted by atomic mass is 32.2. The molecule has 1 heterocycles. The molecule has 0 aliphatic carbocycles. The Kier molecular flexibility index (Phi) is 6.29. The maximum absolute atomic E-state index is 12.3. The number of carbonyl (C=O) groups is 2. The Morgan fingerprint density at radius 1 is 1.26 bits per heavy atom. The molecular formula is C17H19NO4S. The van der Waals surface area contributed by atoms with Crippen LogP contribution in [0.2, 0.25) is 0 Å². The van der Waals surface area contributed by atoms with E-state index in [1.165, 1.54) is 6.26 Å². The third kappa shape index (κ3) is 4.89. The van der Waals surface area contributed by atoms with Crippen LogP contribution < -0.4 is 5.32 Å². The number of carboxylic acids is 1. The zero-order valence-corrected chi connectivity index (χ0v) is 13.6. The van der Waals surface area contributed by atoms with Gasteiger partial charge in [-0.3, -0.25) is 4.79 Å². The molecule has 2 rings (SSSR count). The van der Waals surface area contributed by atoms with Crippen molar-refractivity contribution < 1.29 is 19.1 Å². The Morgan fingerprint density at radius 3 is 2.65 bits per heavy atom. The molecule has 0 aliphatic heterocycles. The number of furan rings is 1. The summed E-state index contributed by atoms with van der Waals surface area (Å²) in [6.45, 7) is 1.87. The van der Waals surface area contributed by atoms with E-state index in [0.717, 1.165) is 10.5 Å². The first-order valence-corrected chi connectivity index (χ1v) is 8.38. The quantitative estimate of drug-likeness (QED) is 0.722. The van der Waals surface area contributed by atoms with Crippen molar-refractivity contribution in [1.82, 2.24) is 5.32 Å². The van der Waals surface area contributed by atoms with E-state index in [2.05, 4.69) is 5.32 Å². The maximum atomic E-state index is 12.3. The summed E-state index contributed by atoms with van der Waals surface area (Å²) < 4.78 is 5.26. The number of benzene rings is 1. The number of aliphatic carboxylic acids is 1. The van der Waals surface area contributed by atoms with Crippen molar-refractivity contribution >= 4 is 23.6 Å². The lowest BCUT2D eigenvalue weighted by molar-refractivity contribution is -0.139. The molecule has 1 atom stereocenters. The summed E-state index contributed by atoms with van der Waals surface area (Å²) in [5.41, 5.74) is 0.747. The molecule has 23 heavy (non-hydrogen) atoms. The van der Waals surface area contributed by atoms with Gasteiger partial charge in [0, 0.05) is 16.2 Å². The molecule has 0 radical (unpaired) electrons. The standard InChI is InChI=1S/C17H19NO4S/c1-2-6-14(17(20)21)18-16(19)15-12(9-10-22-15)11-23-13-7-4-3-5-8-13/h3-5,7-10,14H,2,6,11H2,1H3,(H,18,19)(H,20,21). The van der Waals surface area contributed by atoms with E-state index in [1.807, 2.05) is 37.3 Å². The lowest BCUT2D eigenvalue weighted by Crippen LogP contribution is -2.40. The fraction of sp³-hybridized carbons (Fsp3) is 0.294. The summed E-state index contributed by atoms with van der Waals surface area (Å²) in [6.07, 6.45) is 2.51. The molecule has 1 aromatic heterocycles. The van der Waals surface area contributed by atoms with Gasteiger partial charge in [0.25, 0.3) is 5.91 Å². The minimum absolute atomic E-state index is 0.177. The second kappa shape index (κ2) is 8.43. The molecule has 2 aromatic rings. The van der Waals surface area contributed by atoms with Crippen LogP contribution >= 0.6 is 11.8 Å². The summed E-state index contributed by atoms with van der Waals surface area (Å²) >= 11 is 1.59. The summed E-state index contributed by atoms with van der Waals surface area (Å²) in [4.78, 5) is 24.5. The molecule has 0 saturated carbocycles. The molecule has 0 bridgehead atoms. The summed E-state index contributed by atoms with van der Waals surface area (Å²) in [6, 6.07) is 10.7. The minimum atomic E-state index is -1.04. The largest absolute Gasteiger partial charge is 0.480 e. The minimum Gasteiger partial charge on any atom is -0.480 e. The van der Waals surface area contributed by atoms with E-state index in [4.69, 9.17) is 9.52 Å². The Morgan fingerprint density at radius 2 is 2.00 bits per heavy atom. The number of hydrogen-bond acceptors (Lipinski definition) is 4. The molecule has 122 valence electrons. The fourth-order valence-corrected chi connectivity index (χ4v) is 3.00. The fourth-order valence-electron chi connectivity index (χ4n) is 2.10. The van der Waals surface area contributed by atoms with Crippen molar-refractivity contribution in [2.45, 2.75) is 36.5 Å². The van der Waals surface area contributed by atoms with Gasteiger partial charge in [0.1, 0.15) is 6.04 Å². The van der Waals surface area contributed by atoms with Gasteiger partial charge in [0.05, 0.1) is 6.26 Å². The Labute approximate surface area is 139 Å². The monoisotopic (exact) mass is 333 g/mol. The van der Waals surface area contributed by atoms with E-state index < -0.39 is 17.9 Å². The second-order valence-corrected chi connectivity index (χ2v) is 6.08. The molecule has 1 amide bonds. The van der Waals surface area contributed by atoms with Crippen LogP contribution in [0, 0.1) is 0 Å². The lowest BCUT2D eigenvalue weighted by Gasteiger charge is -2.13. The van der Waals surface area contributed by atoms with Crippen molar-refractivity contribution in [2.75, 3.05) is 0 Å². The van der Waals surface area contributed by atoms with Gasteiger partial charge in [-0.2, -0.15) is 0 Å². The molecule has 0 fully saturated rings. The van der Waals surface area contributed by atoms with Crippen molar-refractivity contribution in [3.63, 3.8) is 0 Å². The number of amides is 1. The van der Waals surface area contributed by atoms with Crippen LogP contribution in [0.25, 0.3) is 0 Å². The highest BCUT2D eigenvalue weighted by Crippen LogP contribution is 2.24. The zero-order chi connectivity index (χ0) is 16.7. The van der Waals surface area contributed by atoms with Gasteiger partial charge < -0.3 is 14.8 Å². The van der Waals surface area contributed by atoms with Crippen LogP contribution in [0.3, 0.4) is 0 Å². The van der Waals surface area contributed by atoms with Crippen LogP contribution in [0.1, 0.15) is 35.9 Å². The molecule has 6 heteroatoms. The van der Waals surface area contributed by atoms with E-state index in [-0.39, 0.29) is 5.76 Å². The molecule has 1 unspecified atom stereocenters. The first-order chi connectivity index (χ1) is 11.1. The second-order valence-electron chi connectivity index (χ2n) is 5.03. The summed E-state index contributed by atoms with van der Waals surface area (Å²) in [7, 11) is 0. The van der Waals surface area contributed by atoms with E-state index in [0.29, 0.717) is 18.6 Å². The van der Waals surface area contributed by atoms with Gasteiger partial charge in [-0.25, -0.2) is 4.79 Å². The maximum Gasteiger partial charge on any atom is 0.326 e.